The molecular formula is C7H3Cl2N3O2. The number of H-pyrrole nitrogens is 1. The minimum Gasteiger partial charge on any atom is -0.390 e. The number of imidazole rings is 1. The number of hydrogen-bond donors (Lipinski definition) is 1. The molecule has 0 saturated heterocycles. The van der Waals surface area contributed by atoms with E-state index in [1.807, 2.05) is 0 Å². The van der Waals surface area contributed by atoms with Crippen molar-refractivity contribution in [3.8, 4) is 0 Å². The zero-order chi connectivity index (χ0) is 10.3. The van der Waals surface area contributed by atoms with Crippen molar-refractivity contribution in [2.24, 2.45) is 0 Å². The van der Waals surface area contributed by atoms with Gasteiger partial charge in [-0.25, -0.2) is 4.98 Å². The normalized spacial score (nSPS) is 10.7. The van der Waals surface area contributed by atoms with Crippen LogP contribution in [0.3, 0.4) is 0 Å². The van der Waals surface area contributed by atoms with Gasteiger partial charge in [0, 0.05) is 12.1 Å². The number of fused-ring (bicyclic) bond motifs is 1. The van der Waals surface area contributed by atoms with E-state index in [1.165, 1.54) is 12.1 Å². The molecule has 0 bridgehead atoms. The van der Waals surface area contributed by atoms with Gasteiger partial charge in [-0.15, -0.1) is 0 Å². The predicted octanol–water partition coefficient (Wildman–Crippen LogP) is 2.78. The average Bonchev–Trinajstić information content (AvgIpc) is 2.48. The number of nitrogens with one attached hydrogen (secondary N) is 1. The molecule has 1 N–H and O–H groups in total. The van der Waals surface area contributed by atoms with Crippen LogP contribution in [0.4, 0.5) is 5.95 Å². The van der Waals surface area contributed by atoms with Crippen LogP contribution in [0.1, 0.15) is 0 Å². The van der Waals surface area contributed by atoms with E-state index in [0.717, 1.165) is 0 Å². The van der Waals surface area contributed by atoms with Crippen LogP contribution in [0.5, 0.6) is 0 Å². The Morgan fingerprint density at radius 2 is 2.00 bits per heavy atom. The van der Waals surface area contributed by atoms with Crippen LogP contribution in [0.15, 0.2) is 12.1 Å². The molecule has 5 nitrogen and oxygen atoms in total. The highest BCUT2D eigenvalue weighted by atomic mass is 35.5. The second-order valence-electron chi connectivity index (χ2n) is 2.60. The van der Waals surface area contributed by atoms with Gasteiger partial charge in [0.05, 0.1) is 10.0 Å². The minimum absolute atomic E-state index is 0.320. The van der Waals surface area contributed by atoms with Crippen LogP contribution in [0.25, 0.3) is 11.0 Å². The summed E-state index contributed by atoms with van der Waals surface area (Å²) in [5.41, 5.74) is 0.914. The number of rotatable bonds is 1. The Labute approximate surface area is 87.8 Å². The van der Waals surface area contributed by atoms with Gasteiger partial charge in [0.1, 0.15) is 5.52 Å². The fourth-order valence-electron chi connectivity index (χ4n) is 1.08. The van der Waals surface area contributed by atoms with Crippen molar-refractivity contribution in [3.05, 3.63) is 32.3 Å². The number of hydrogen-bond acceptors (Lipinski definition) is 3. The zero-order valence-electron chi connectivity index (χ0n) is 6.62. The van der Waals surface area contributed by atoms with Gasteiger partial charge in [0.2, 0.25) is 0 Å². The van der Waals surface area contributed by atoms with Crippen molar-refractivity contribution in [1.82, 2.24) is 9.97 Å². The predicted molar refractivity (Wildman–Crippen MR) is 52.8 cm³/mol. The first-order valence-electron chi connectivity index (χ1n) is 3.57. The maximum atomic E-state index is 10.4. The van der Waals surface area contributed by atoms with Gasteiger partial charge in [-0.2, -0.15) is 0 Å². The van der Waals surface area contributed by atoms with Gasteiger partial charge in [-0.1, -0.05) is 28.2 Å². The Kier molecular flexibility index (Phi) is 2.05. The molecule has 0 amide bonds. The summed E-state index contributed by atoms with van der Waals surface area (Å²) in [7, 11) is 0. The molecule has 7 heteroatoms. The topological polar surface area (TPSA) is 71.8 Å². The molecule has 14 heavy (non-hydrogen) atoms. The quantitative estimate of drug-likeness (QED) is 0.606. The lowest BCUT2D eigenvalue weighted by atomic mass is 10.3. The smallest absolute Gasteiger partial charge is 0.390 e. The van der Waals surface area contributed by atoms with Crippen LogP contribution < -0.4 is 0 Å². The van der Waals surface area contributed by atoms with E-state index in [1.54, 1.807) is 0 Å². The number of halogens is 2. The Balaban J connectivity index is 2.72. The molecule has 2 aromatic rings. The van der Waals surface area contributed by atoms with Crippen molar-refractivity contribution < 1.29 is 4.92 Å². The molecule has 0 unspecified atom stereocenters. The zero-order valence-corrected chi connectivity index (χ0v) is 8.13. The van der Waals surface area contributed by atoms with Crippen LogP contribution >= 0.6 is 23.2 Å². The van der Waals surface area contributed by atoms with Gasteiger partial charge < -0.3 is 10.1 Å². The second-order valence-corrected chi connectivity index (χ2v) is 3.42. The van der Waals surface area contributed by atoms with Gasteiger partial charge in [0.15, 0.2) is 5.52 Å². The fraction of sp³-hybridized carbons (Fsp3) is 0. The Morgan fingerprint density at radius 3 is 2.64 bits per heavy atom. The van der Waals surface area contributed by atoms with Crippen molar-refractivity contribution in [3.63, 3.8) is 0 Å². The molecule has 0 saturated carbocycles. The van der Waals surface area contributed by atoms with E-state index >= 15 is 0 Å². The molecule has 0 aliphatic heterocycles. The third-order valence-corrected chi connectivity index (χ3v) is 2.41. The molecule has 1 aromatic heterocycles. The summed E-state index contributed by atoms with van der Waals surface area (Å²) in [5, 5.41) is 11.0. The van der Waals surface area contributed by atoms with Crippen LogP contribution in [0.2, 0.25) is 10.0 Å². The molecule has 0 fully saturated rings. The Morgan fingerprint density at radius 1 is 1.36 bits per heavy atom. The van der Waals surface area contributed by atoms with Crippen molar-refractivity contribution >= 4 is 40.2 Å². The summed E-state index contributed by atoms with van der Waals surface area (Å²) in [6.07, 6.45) is 0. The lowest BCUT2D eigenvalue weighted by Gasteiger charge is -1.90. The Bertz CT molecular complexity index is 484. The van der Waals surface area contributed by atoms with Crippen molar-refractivity contribution in [2.75, 3.05) is 0 Å². The first-order valence-corrected chi connectivity index (χ1v) is 4.32. The summed E-state index contributed by atoms with van der Waals surface area (Å²) < 4.78 is 0. The molecular weight excluding hydrogens is 229 g/mol. The minimum atomic E-state index is -0.609. The van der Waals surface area contributed by atoms with Gasteiger partial charge in [0.25, 0.3) is 0 Å². The van der Waals surface area contributed by atoms with E-state index < -0.39 is 4.92 Å². The third kappa shape index (κ3) is 1.40. The van der Waals surface area contributed by atoms with Gasteiger partial charge in [-0.3, -0.25) is 0 Å². The highest BCUT2D eigenvalue weighted by Gasteiger charge is 2.14. The summed E-state index contributed by atoms with van der Waals surface area (Å²) >= 11 is 11.4. The summed E-state index contributed by atoms with van der Waals surface area (Å²) in [6.45, 7) is 0. The summed E-state index contributed by atoms with van der Waals surface area (Å²) in [4.78, 5) is 16.0. The van der Waals surface area contributed by atoms with Crippen molar-refractivity contribution in [1.29, 1.82) is 0 Å². The van der Waals surface area contributed by atoms with E-state index in [9.17, 15) is 10.1 Å². The molecule has 0 aliphatic carbocycles. The first-order chi connectivity index (χ1) is 6.58. The molecule has 1 heterocycles. The molecule has 0 spiro atoms. The molecule has 1 aromatic carbocycles. The van der Waals surface area contributed by atoms with Crippen LogP contribution in [-0.4, -0.2) is 14.9 Å². The monoisotopic (exact) mass is 231 g/mol. The average molecular weight is 232 g/mol. The van der Waals surface area contributed by atoms with Gasteiger partial charge in [-0.05, 0) is 4.92 Å². The first kappa shape index (κ1) is 9.23. The number of nitro groups is 1. The maximum Gasteiger partial charge on any atom is 0.433 e. The Hall–Kier alpha value is -1.33. The lowest BCUT2D eigenvalue weighted by molar-refractivity contribution is -0.393. The molecule has 0 atom stereocenters. The molecule has 2 rings (SSSR count). The number of benzene rings is 1. The number of aromatic amines is 1. The molecule has 0 radical (unpaired) electrons. The van der Waals surface area contributed by atoms with Crippen LogP contribution in [0, 0.1) is 10.1 Å². The number of nitrogens with zero attached hydrogens (tertiary/aromatic N) is 2. The fourth-order valence-corrected chi connectivity index (χ4v) is 1.40. The number of aromatic nitrogens is 2. The molecule has 72 valence electrons. The van der Waals surface area contributed by atoms with E-state index in [4.69, 9.17) is 23.2 Å². The maximum absolute atomic E-state index is 10.4. The lowest BCUT2D eigenvalue weighted by Crippen LogP contribution is -1.88. The summed E-state index contributed by atoms with van der Waals surface area (Å²) in [6, 6.07) is 2.97. The van der Waals surface area contributed by atoms with E-state index in [0.29, 0.717) is 21.1 Å². The highest BCUT2D eigenvalue weighted by Crippen LogP contribution is 2.27. The van der Waals surface area contributed by atoms with E-state index in [2.05, 4.69) is 9.97 Å². The summed E-state index contributed by atoms with van der Waals surface area (Å²) in [5.74, 6) is -0.321. The van der Waals surface area contributed by atoms with Gasteiger partial charge >= 0.3 is 5.95 Å². The SMILES string of the molecule is O=[N+]([O-])c1nc2cc(Cl)c(Cl)cc2[nH]1. The van der Waals surface area contributed by atoms with E-state index in [-0.39, 0.29) is 5.95 Å². The standard InChI is InChI=1S/C7H3Cl2N3O2/c8-3-1-5-6(2-4(3)9)11-7(10-5)12(13)14/h1-2H,(H,10,11). The third-order valence-electron chi connectivity index (χ3n) is 1.68. The largest absolute Gasteiger partial charge is 0.433 e. The highest BCUT2D eigenvalue weighted by molar-refractivity contribution is 6.42. The van der Waals surface area contributed by atoms with Crippen LogP contribution in [-0.2, 0) is 0 Å². The molecule has 0 aliphatic rings. The van der Waals surface area contributed by atoms with Crippen molar-refractivity contribution in [2.45, 2.75) is 0 Å². The second kappa shape index (κ2) is 3.11.